The lowest BCUT2D eigenvalue weighted by Crippen LogP contribution is -2.49. The molecule has 8 heteroatoms. The van der Waals surface area contributed by atoms with E-state index in [2.05, 4.69) is 19.9 Å². The summed E-state index contributed by atoms with van der Waals surface area (Å²) in [5, 5.41) is 9.51. The minimum Gasteiger partial charge on any atom is -0.387 e. The summed E-state index contributed by atoms with van der Waals surface area (Å²) in [6.45, 7) is 1.97. The van der Waals surface area contributed by atoms with Gasteiger partial charge in [-0.2, -0.15) is 0 Å². The Hall–Kier alpha value is -2.64. The summed E-state index contributed by atoms with van der Waals surface area (Å²) >= 11 is 6.36. The Kier molecular flexibility index (Phi) is 4.48. The first kappa shape index (κ1) is 16.8. The topological polar surface area (TPSA) is 85.4 Å². The van der Waals surface area contributed by atoms with E-state index in [0.29, 0.717) is 37.0 Å². The van der Waals surface area contributed by atoms with Crippen molar-refractivity contribution in [2.45, 2.75) is 0 Å². The molecule has 134 valence electrons. The van der Waals surface area contributed by atoms with Gasteiger partial charge in [0, 0.05) is 37.9 Å². The largest absolute Gasteiger partial charge is 0.387 e. The molecule has 1 amide bonds. The van der Waals surface area contributed by atoms with Crippen LogP contribution in [0.25, 0.3) is 22.4 Å². The van der Waals surface area contributed by atoms with Gasteiger partial charge >= 0.3 is 0 Å². The minimum absolute atomic E-state index is 0.239. The molecular formula is C18H18ClN5O2. The zero-order valence-corrected chi connectivity index (χ0v) is 14.8. The van der Waals surface area contributed by atoms with Crippen molar-refractivity contribution in [3.63, 3.8) is 0 Å². The molecule has 1 saturated heterocycles. The van der Waals surface area contributed by atoms with Crippen molar-refractivity contribution in [1.29, 1.82) is 0 Å². The zero-order chi connectivity index (χ0) is 18.1. The number of anilines is 1. The average Bonchev–Trinajstić information content (AvgIpc) is 3.12. The van der Waals surface area contributed by atoms with Crippen LogP contribution in [0.1, 0.15) is 0 Å². The monoisotopic (exact) mass is 371 g/mol. The lowest BCUT2D eigenvalue weighted by atomic mass is 10.2. The van der Waals surface area contributed by atoms with Crippen molar-refractivity contribution in [1.82, 2.24) is 19.9 Å². The number of aliphatic hydroxyl groups excluding tert-OH is 1. The van der Waals surface area contributed by atoms with E-state index in [4.69, 9.17) is 16.7 Å². The maximum absolute atomic E-state index is 11.6. The quantitative estimate of drug-likeness (QED) is 0.734. The van der Waals surface area contributed by atoms with Crippen LogP contribution in [0.4, 0.5) is 5.82 Å². The normalized spacial score (nSPS) is 14.8. The highest BCUT2D eigenvalue weighted by Gasteiger charge is 2.22. The number of hydrogen-bond donors (Lipinski definition) is 2. The Morgan fingerprint density at radius 1 is 1.23 bits per heavy atom. The molecule has 26 heavy (non-hydrogen) atoms. The Balaban J connectivity index is 1.60. The van der Waals surface area contributed by atoms with Crippen LogP contribution in [-0.2, 0) is 4.79 Å². The van der Waals surface area contributed by atoms with Crippen LogP contribution >= 0.6 is 11.6 Å². The summed E-state index contributed by atoms with van der Waals surface area (Å²) < 4.78 is 0. The van der Waals surface area contributed by atoms with Crippen molar-refractivity contribution in [3.05, 3.63) is 41.6 Å². The Morgan fingerprint density at radius 2 is 2.00 bits per heavy atom. The number of benzene rings is 1. The van der Waals surface area contributed by atoms with Gasteiger partial charge in [-0.15, -0.1) is 0 Å². The van der Waals surface area contributed by atoms with Crippen LogP contribution in [0, 0.1) is 0 Å². The number of nitrogens with one attached hydrogen (secondary N) is 1. The summed E-state index contributed by atoms with van der Waals surface area (Å²) in [7, 11) is 0. The van der Waals surface area contributed by atoms with E-state index < -0.39 is 6.61 Å². The number of aromatic nitrogens is 3. The van der Waals surface area contributed by atoms with E-state index in [9.17, 15) is 4.79 Å². The number of para-hydroxylation sites is 2. The van der Waals surface area contributed by atoms with Gasteiger partial charge in [0.1, 0.15) is 18.2 Å². The molecule has 0 radical (unpaired) electrons. The lowest BCUT2D eigenvalue weighted by molar-refractivity contribution is -0.134. The van der Waals surface area contributed by atoms with E-state index >= 15 is 0 Å². The van der Waals surface area contributed by atoms with Gasteiger partial charge in [0.05, 0.1) is 16.1 Å². The number of piperazine rings is 1. The Labute approximate surface area is 155 Å². The van der Waals surface area contributed by atoms with Gasteiger partial charge in [-0.25, -0.2) is 9.97 Å². The number of hydrogen-bond acceptors (Lipinski definition) is 5. The van der Waals surface area contributed by atoms with E-state index in [0.717, 1.165) is 22.4 Å². The molecule has 7 nitrogen and oxygen atoms in total. The predicted octanol–water partition coefficient (Wildman–Crippen LogP) is 1.92. The van der Waals surface area contributed by atoms with Gasteiger partial charge < -0.3 is 19.9 Å². The minimum atomic E-state index is -0.449. The molecule has 0 saturated carbocycles. The summed E-state index contributed by atoms with van der Waals surface area (Å²) in [5.41, 5.74) is 2.63. The van der Waals surface area contributed by atoms with Gasteiger partial charge in [0.15, 0.2) is 0 Å². The van der Waals surface area contributed by atoms with E-state index in [1.165, 1.54) is 0 Å². The second-order valence-electron chi connectivity index (χ2n) is 6.15. The SMILES string of the molecule is O=C(CO)N1CCN(c2cc(-c3nc4ccccc4[nH]3)c(Cl)cn2)CC1. The number of pyridine rings is 1. The third kappa shape index (κ3) is 3.11. The van der Waals surface area contributed by atoms with Crippen molar-refractivity contribution in [2.24, 2.45) is 0 Å². The van der Waals surface area contributed by atoms with Crippen LogP contribution < -0.4 is 4.90 Å². The van der Waals surface area contributed by atoms with Crippen molar-refractivity contribution in [3.8, 4) is 11.4 Å². The second kappa shape index (κ2) is 6.93. The first-order chi connectivity index (χ1) is 12.7. The number of H-pyrrole nitrogens is 1. The number of imidazole rings is 1. The third-order valence-corrected chi connectivity index (χ3v) is 4.88. The van der Waals surface area contributed by atoms with Gasteiger partial charge in [-0.05, 0) is 18.2 Å². The van der Waals surface area contributed by atoms with Gasteiger partial charge in [0.2, 0.25) is 5.91 Å². The van der Waals surface area contributed by atoms with E-state index in [-0.39, 0.29) is 5.91 Å². The molecule has 1 fully saturated rings. The molecule has 2 N–H and O–H groups in total. The molecule has 3 aromatic rings. The fourth-order valence-corrected chi connectivity index (χ4v) is 3.34. The summed E-state index contributed by atoms with van der Waals surface area (Å²) in [6.07, 6.45) is 1.63. The molecule has 1 aliphatic rings. The maximum atomic E-state index is 11.6. The molecule has 0 unspecified atom stereocenters. The van der Waals surface area contributed by atoms with Crippen LogP contribution in [0.3, 0.4) is 0 Å². The van der Waals surface area contributed by atoms with Crippen LogP contribution in [0.2, 0.25) is 5.02 Å². The fraction of sp³-hybridized carbons (Fsp3) is 0.278. The summed E-state index contributed by atoms with van der Waals surface area (Å²) in [6, 6.07) is 9.74. The Bertz CT molecular complexity index is 917. The molecule has 1 aliphatic heterocycles. The van der Waals surface area contributed by atoms with Gasteiger partial charge in [-0.3, -0.25) is 4.79 Å². The molecular weight excluding hydrogens is 354 g/mol. The number of aliphatic hydroxyl groups is 1. The van der Waals surface area contributed by atoms with Gasteiger partial charge in [0.25, 0.3) is 0 Å². The highest BCUT2D eigenvalue weighted by molar-refractivity contribution is 6.33. The summed E-state index contributed by atoms with van der Waals surface area (Å²) in [5.74, 6) is 1.26. The number of carbonyl (C=O) groups is 1. The summed E-state index contributed by atoms with van der Waals surface area (Å²) in [4.78, 5) is 27.7. The molecule has 4 rings (SSSR count). The van der Waals surface area contributed by atoms with Crippen LogP contribution in [0.5, 0.6) is 0 Å². The van der Waals surface area contributed by atoms with Gasteiger partial charge in [-0.1, -0.05) is 23.7 Å². The molecule has 0 spiro atoms. The predicted molar refractivity (Wildman–Crippen MR) is 100 cm³/mol. The van der Waals surface area contributed by atoms with Crippen LogP contribution in [-0.4, -0.2) is 63.7 Å². The van der Waals surface area contributed by atoms with Crippen molar-refractivity contribution in [2.75, 3.05) is 37.7 Å². The first-order valence-corrected chi connectivity index (χ1v) is 8.78. The third-order valence-electron chi connectivity index (χ3n) is 4.58. The number of aromatic amines is 1. The molecule has 1 aromatic carbocycles. The number of amides is 1. The average molecular weight is 372 g/mol. The number of carbonyl (C=O) groups excluding carboxylic acids is 1. The van der Waals surface area contributed by atoms with Crippen molar-refractivity contribution >= 4 is 34.4 Å². The second-order valence-corrected chi connectivity index (χ2v) is 6.56. The number of nitrogens with zero attached hydrogens (tertiary/aromatic N) is 4. The van der Waals surface area contributed by atoms with E-state index in [1.807, 2.05) is 30.3 Å². The number of fused-ring (bicyclic) bond motifs is 1. The maximum Gasteiger partial charge on any atom is 0.248 e. The highest BCUT2D eigenvalue weighted by atomic mass is 35.5. The highest BCUT2D eigenvalue weighted by Crippen LogP contribution is 2.30. The molecule has 3 heterocycles. The molecule has 0 aliphatic carbocycles. The Morgan fingerprint density at radius 3 is 2.73 bits per heavy atom. The smallest absolute Gasteiger partial charge is 0.248 e. The first-order valence-electron chi connectivity index (χ1n) is 8.40. The van der Waals surface area contributed by atoms with Crippen LogP contribution in [0.15, 0.2) is 36.5 Å². The zero-order valence-electron chi connectivity index (χ0n) is 14.0. The fourth-order valence-electron chi connectivity index (χ4n) is 3.15. The lowest BCUT2D eigenvalue weighted by Gasteiger charge is -2.35. The van der Waals surface area contributed by atoms with Crippen molar-refractivity contribution < 1.29 is 9.90 Å². The molecule has 2 aromatic heterocycles. The number of halogens is 1. The molecule has 0 bridgehead atoms. The molecule has 0 atom stereocenters. The van der Waals surface area contributed by atoms with E-state index in [1.54, 1.807) is 11.1 Å². The number of rotatable bonds is 3. The standard InChI is InChI=1S/C18H18ClN5O2/c19-13-10-20-16(23-5-7-24(8-6-23)17(26)11-25)9-12(13)18-21-14-3-1-2-4-15(14)22-18/h1-4,9-10,25H,5-8,11H2,(H,21,22).